The van der Waals surface area contributed by atoms with Crippen LogP contribution in [0.15, 0.2) is 65.5 Å². The summed E-state index contributed by atoms with van der Waals surface area (Å²) < 4.78 is 7.23. The van der Waals surface area contributed by atoms with Crippen LogP contribution in [-0.2, 0) is 13.1 Å². The number of para-hydroxylation sites is 1. The quantitative estimate of drug-likeness (QED) is 0.759. The molecule has 0 saturated heterocycles. The summed E-state index contributed by atoms with van der Waals surface area (Å²) in [6.07, 6.45) is 5.44. The van der Waals surface area contributed by atoms with Crippen molar-refractivity contribution in [2.75, 3.05) is 5.32 Å². The average molecular weight is 253 g/mol. The van der Waals surface area contributed by atoms with Crippen LogP contribution >= 0.6 is 0 Å². The van der Waals surface area contributed by atoms with Crippen LogP contribution in [0.2, 0.25) is 0 Å². The monoisotopic (exact) mass is 253 g/mol. The molecular weight excluding hydrogens is 238 g/mol. The minimum atomic E-state index is 0.684. The van der Waals surface area contributed by atoms with Crippen molar-refractivity contribution in [2.24, 2.45) is 0 Å². The van der Waals surface area contributed by atoms with Crippen LogP contribution in [0.25, 0.3) is 0 Å². The topological polar surface area (TPSA) is 43.0 Å². The second kappa shape index (κ2) is 5.44. The normalized spacial score (nSPS) is 10.5. The van der Waals surface area contributed by atoms with Crippen LogP contribution in [0.1, 0.15) is 11.3 Å². The van der Waals surface area contributed by atoms with Crippen molar-refractivity contribution in [1.82, 2.24) is 9.78 Å². The van der Waals surface area contributed by atoms with Crippen LogP contribution in [-0.4, -0.2) is 9.78 Å². The SMILES string of the molecule is c1coc(CNc2ccccc2Cn2cccn2)c1. The van der Waals surface area contributed by atoms with Gasteiger partial charge in [0.25, 0.3) is 0 Å². The summed E-state index contributed by atoms with van der Waals surface area (Å²) in [5.41, 5.74) is 2.31. The summed E-state index contributed by atoms with van der Waals surface area (Å²) in [5.74, 6) is 0.925. The Hall–Kier alpha value is -2.49. The number of aromatic nitrogens is 2. The van der Waals surface area contributed by atoms with E-state index in [2.05, 4.69) is 22.5 Å². The van der Waals surface area contributed by atoms with Gasteiger partial charge in [0.2, 0.25) is 0 Å². The average Bonchev–Trinajstić information content (AvgIpc) is 3.10. The highest BCUT2D eigenvalue weighted by Gasteiger charge is 2.03. The summed E-state index contributed by atoms with van der Waals surface area (Å²) in [4.78, 5) is 0. The maximum atomic E-state index is 5.32. The van der Waals surface area contributed by atoms with Gasteiger partial charge in [0.1, 0.15) is 5.76 Å². The molecule has 0 aliphatic rings. The van der Waals surface area contributed by atoms with Crippen molar-refractivity contribution in [1.29, 1.82) is 0 Å². The molecule has 0 saturated carbocycles. The number of hydrogen-bond donors (Lipinski definition) is 1. The lowest BCUT2D eigenvalue weighted by molar-refractivity contribution is 0.518. The summed E-state index contributed by atoms with van der Waals surface area (Å²) in [7, 11) is 0. The molecule has 0 bridgehead atoms. The first-order chi connectivity index (χ1) is 9.42. The van der Waals surface area contributed by atoms with E-state index in [1.54, 1.807) is 12.5 Å². The van der Waals surface area contributed by atoms with E-state index in [1.165, 1.54) is 5.56 Å². The van der Waals surface area contributed by atoms with Crippen molar-refractivity contribution in [3.8, 4) is 0 Å². The third-order valence-corrected chi connectivity index (χ3v) is 2.94. The molecule has 0 unspecified atom stereocenters. The van der Waals surface area contributed by atoms with Gasteiger partial charge in [-0.1, -0.05) is 18.2 Å². The number of anilines is 1. The number of benzene rings is 1. The molecular formula is C15H15N3O. The van der Waals surface area contributed by atoms with Gasteiger partial charge in [-0.3, -0.25) is 4.68 Å². The lowest BCUT2D eigenvalue weighted by Crippen LogP contribution is -2.05. The molecule has 2 heterocycles. The molecule has 96 valence electrons. The van der Waals surface area contributed by atoms with Crippen molar-refractivity contribution < 1.29 is 4.42 Å². The van der Waals surface area contributed by atoms with Crippen molar-refractivity contribution in [3.63, 3.8) is 0 Å². The molecule has 3 rings (SSSR count). The number of rotatable bonds is 5. The molecule has 0 atom stereocenters. The Morgan fingerprint density at radius 2 is 2.05 bits per heavy atom. The molecule has 0 fully saturated rings. The standard InChI is InChI=1S/C15H15N3O/c1-2-7-15(16-11-14-6-3-10-19-14)13(5-1)12-18-9-4-8-17-18/h1-10,16H,11-12H2. The van der Waals surface area contributed by atoms with Crippen molar-refractivity contribution in [2.45, 2.75) is 13.1 Å². The molecule has 0 spiro atoms. The Morgan fingerprint density at radius 1 is 1.11 bits per heavy atom. The third-order valence-electron chi connectivity index (χ3n) is 2.94. The third kappa shape index (κ3) is 2.85. The Labute approximate surface area is 111 Å². The first-order valence-corrected chi connectivity index (χ1v) is 6.23. The highest BCUT2D eigenvalue weighted by Crippen LogP contribution is 2.17. The van der Waals surface area contributed by atoms with E-state index < -0.39 is 0 Å². The zero-order valence-electron chi connectivity index (χ0n) is 10.5. The van der Waals surface area contributed by atoms with Gasteiger partial charge in [0.15, 0.2) is 0 Å². The van der Waals surface area contributed by atoms with E-state index in [4.69, 9.17) is 4.42 Å². The maximum absolute atomic E-state index is 5.32. The van der Waals surface area contributed by atoms with Crippen LogP contribution < -0.4 is 5.32 Å². The Bertz CT molecular complexity index is 615. The van der Waals surface area contributed by atoms with Gasteiger partial charge < -0.3 is 9.73 Å². The van der Waals surface area contributed by atoms with E-state index in [0.29, 0.717) is 6.54 Å². The number of furan rings is 1. The van der Waals surface area contributed by atoms with Crippen molar-refractivity contribution in [3.05, 3.63) is 72.4 Å². The number of nitrogens with one attached hydrogen (secondary N) is 1. The van der Waals surface area contributed by atoms with E-state index in [0.717, 1.165) is 18.0 Å². The van der Waals surface area contributed by atoms with Gasteiger partial charge >= 0.3 is 0 Å². The van der Waals surface area contributed by atoms with Gasteiger partial charge in [-0.25, -0.2) is 0 Å². The lowest BCUT2D eigenvalue weighted by atomic mass is 10.1. The number of hydrogen-bond acceptors (Lipinski definition) is 3. The molecule has 1 aromatic carbocycles. The molecule has 0 radical (unpaired) electrons. The largest absolute Gasteiger partial charge is 0.467 e. The van der Waals surface area contributed by atoms with Gasteiger partial charge in [0.05, 0.1) is 19.4 Å². The summed E-state index contributed by atoms with van der Waals surface area (Å²) >= 11 is 0. The second-order valence-electron chi connectivity index (χ2n) is 4.29. The zero-order chi connectivity index (χ0) is 12.9. The highest BCUT2D eigenvalue weighted by atomic mass is 16.3. The van der Waals surface area contributed by atoms with Crippen LogP contribution in [0.5, 0.6) is 0 Å². The lowest BCUT2D eigenvalue weighted by Gasteiger charge is -2.11. The Morgan fingerprint density at radius 3 is 2.84 bits per heavy atom. The predicted octanol–water partition coefficient (Wildman–Crippen LogP) is 3.14. The molecule has 2 aromatic heterocycles. The molecule has 19 heavy (non-hydrogen) atoms. The second-order valence-corrected chi connectivity index (χ2v) is 4.29. The van der Waals surface area contributed by atoms with E-state index in [1.807, 2.05) is 41.2 Å². The summed E-state index contributed by atoms with van der Waals surface area (Å²) in [5, 5.41) is 7.63. The fraction of sp³-hybridized carbons (Fsp3) is 0.133. The van der Waals surface area contributed by atoms with E-state index >= 15 is 0 Å². The van der Waals surface area contributed by atoms with Crippen LogP contribution in [0.3, 0.4) is 0 Å². The highest BCUT2D eigenvalue weighted by molar-refractivity contribution is 5.51. The van der Waals surface area contributed by atoms with Gasteiger partial charge in [0, 0.05) is 18.1 Å². The molecule has 0 aliphatic heterocycles. The molecule has 1 N–H and O–H groups in total. The van der Waals surface area contributed by atoms with Crippen molar-refractivity contribution >= 4 is 5.69 Å². The van der Waals surface area contributed by atoms with Crippen LogP contribution in [0.4, 0.5) is 5.69 Å². The summed E-state index contributed by atoms with van der Waals surface area (Å²) in [6, 6.07) is 14.0. The predicted molar refractivity (Wildman–Crippen MR) is 73.8 cm³/mol. The van der Waals surface area contributed by atoms with Gasteiger partial charge in [-0.05, 0) is 29.8 Å². The van der Waals surface area contributed by atoms with E-state index in [9.17, 15) is 0 Å². The molecule has 3 aromatic rings. The summed E-state index contributed by atoms with van der Waals surface area (Å²) in [6.45, 7) is 1.44. The molecule has 4 heteroatoms. The first kappa shape index (κ1) is 11.6. The number of nitrogens with zero attached hydrogens (tertiary/aromatic N) is 2. The van der Waals surface area contributed by atoms with E-state index in [-0.39, 0.29) is 0 Å². The minimum absolute atomic E-state index is 0.684. The van der Waals surface area contributed by atoms with Gasteiger partial charge in [-0.2, -0.15) is 5.10 Å². The first-order valence-electron chi connectivity index (χ1n) is 6.23. The Balaban J connectivity index is 1.73. The zero-order valence-corrected chi connectivity index (χ0v) is 10.5. The molecule has 0 aliphatic carbocycles. The molecule has 4 nitrogen and oxygen atoms in total. The smallest absolute Gasteiger partial charge is 0.122 e. The Kier molecular flexibility index (Phi) is 3.32. The van der Waals surface area contributed by atoms with Gasteiger partial charge in [-0.15, -0.1) is 0 Å². The molecule has 0 amide bonds. The minimum Gasteiger partial charge on any atom is -0.467 e. The van der Waals surface area contributed by atoms with Crippen LogP contribution in [0, 0.1) is 0 Å². The fourth-order valence-electron chi connectivity index (χ4n) is 1.99. The fourth-order valence-corrected chi connectivity index (χ4v) is 1.99. The maximum Gasteiger partial charge on any atom is 0.122 e.